The van der Waals surface area contributed by atoms with Crippen molar-refractivity contribution >= 4 is 16.9 Å². The molecule has 4 rings (SSSR count). The Balaban J connectivity index is 1.65. The van der Waals surface area contributed by atoms with Gasteiger partial charge in [-0.3, -0.25) is 4.79 Å². The van der Waals surface area contributed by atoms with Crippen molar-refractivity contribution in [2.24, 2.45) is 0 Å². The Hall–Kier alpha value is -2.90. The van der Waals surface area contributed by atoms with E-state index in [0.29, 0.717) is 16.5 Å². The predicted octanol–water partition coefficient (Wildman–Crippen LogP) is 5.21. The SMILES string of the molecule is O=C(c1ccc(-c2cc(C(F)(F)F)c3occc3c2)cc1)N1CC(F)(F)C1. The molecule has 0 unspecified atom stereocenters. The highest BCUT2D eigenvalue weighted by atomic mass is 19.4. The summed E-state index contributed by atoms with van der Waals surface area (Å²) in [5, 5.41) is 0.308. The third-order valence-electron chi connectivity index (χ3n) is 4.45. The van der Waals surface area contributed by atoms with E-state index in [4.69, 9.17) is 4.42 Å². The molecule has 0 atom stereocenters. The Kier molecular flexibility index (Phi) is 3.76. The minimum atomic E-state index is -4.58. The van der Waals surface area contributed by atoms with Crippen molar-refractivity contribution in [2.45, 2.75) is 12.1 Å². The van der Waals surface area contributed by atoms with E-state index in [2.05, 4.69) is 0 Å². The lowest BCUT2D eigenvalue weighted by atomic mass is 9.99. The van der Waals surface area contributed by atoms with Crippen LogP contribution in [0, 0.1) is 0 Å². The molecule has 2 aromatic carbocycles. The van der Waals surface area contributed by atoms with E-state index in [1.807, 2.05) is 0 Å². The van der Waals surface area contributed by atoms with Crippen molar-refractivity contribution in [1.29, 1.82) is 0 Å². The average Bonchev–Trinajstić information content (AvgIpc) is 3.05. The monoisotopic (exact) mass is 381 g/mol. The summed E-state index contributed by atoms with van der Waals surface area (Å²) >= 11 is 0. The summed E-state index contributed by atoms with van der Waals surface area (Å²) in [5.74, 6) is -3.39. The Morgan fingerprint density at radius 1 is 1.00 bits per heavy atom. The lowest BCUT2D eigenvalue weighted by Gasteiger charge is -2.38. The molecule has 8 heteroatoms. The van der Waals surface area contributed by atoms with Gasteiger partial charge in [0.1, 0.15) is 5.58 Å². The molecule has 0 saturated carbocycles. The number of hydrogen-bond donors (Lipinski definition) is 0. The van der Waals surface area contributed by atoms with E-state index >= 15 is 0 Å². The summed E-state index contributed by atoms with van der Waals surface area (Å²) in [5.41, 5.74) is -0.144. The maximum Gasteiger partial charge on any atom is 0.420 e. The van der Waals surface area contributed by atoms with Gasteiger partial charge in [-0.05, 0) is 41.5 Å². The zero-order chi connectivity index (χ0) is 19.4. The highest BCUT2D eigenvalue weighted by Gasteiger charge is 2.46. The van der Waals surface area contributed by atoms with Crippen LogP contribution in [0.5, 0.6) is 0 Å². The molecule has 140 valence electrons. The van der Waals surface area contributed by atoms with E-state index in [-0.39, 0.29) is 11.1 Å². The first kappa shape index (κ1) is 17.5. The second-order valence-corrected chi connectivity index (χ2v) is 6.46. The maximum atomic E-state index is 13.3. The van der Waals surface area contributed by atoms with E-state index < -0.39 is 36.7 Å². The number of hydrogen-bond acceptors (Lipinski definition) is 2. The Morgan fingerprint density at radius 3 is 2.26 bits per heavy atom. The average molecular weight is 381 g/mol. The van der Waals surface area contributed by atoms with Crippen molar-refractivity contribution < 1.29 is 31.2 Å². The van der Waals surface area contributed by atoms with Crippen molar-refractivity contribution in [3.05, 3.63) is 59.9 Å². The molecule has 0 spiro atoms. The number of benzene rings is 2. The minimum Gasteiger partial charge on any atom is -0.464 e. The van der Waals surface area contributed by atoms with Gasteiger partial charge in [0.05, 0.1) is 24.9 Å². The molecule has 0 radical (unpaired) electrons. The number of rotatable bonds is 2. The molecule has 1 aliphatic rings. The van der Waals surface area contributed by atoms with E-state index in [9.17, 15) is 26.7 Å². The molecule has 0 bridgehead atoms. The van der Waals surface area contributed by atoms with E-state index in [1.54, 1.807) is 6.07 Å². The Labute approximate surface area is 150 Å². The molecule has 27 heavy (non-hydrogen) atoms. The van der Waals surface area contributed by atoms with Crippen LogP contribution >= 0.6 is 0 Å². The second-order valence-electron chi connectivity index (χ2n) is 6.46. The standard InChI is InChI=1S/C19H12F5NO2/c20-18(21)9-25(10-18)17(26)12-3-1-11(2-4-12)14-7-13-5-6-27-16(13)15(8-14)19(22,23)24/h1-8H,9-10H2. The smallest absolute Gasteiger partial charge is 0.420 e. The maximum absolute atomic E-state index is 13.3. The largest absolute Gasteiger partial charge is 0.464 e. The van der Waals surface area contributed by atoms with Crippen LogP contribution in [0.25, 0.3) is 22.1 Å². The van der Waals surface area contributed by atoms with Gasteiger partial charge in [-0.2, -0.15) is 13.2 Å². The number of likely N-dealkylation sites (tertiary alicyclic amines) is 1. The van der Waals surface area contributed by atoms with Gasteiger partial charge in [-0.1, -0.05) is 12.1 Å². The van der Waals surface area contributed by atoms with Crippen molar-refractivity contribution in [1.82, 2.24) is 4.90 Å². The van der Waals surface area contributed by atoms with Crippen LogP contribution < -0.4 is 0 Å². The normalized spacial score (nSPS) is 16.4. The van der Waals surface area contributed by atoms with Gasteiger partial charge in [0.25, 0.3) is 11.8 Å². The Bertz CT molecular complexity index is 1010. The van der Waals surface area contributed by atoms with Gasteiger partial charge in [-0.15, -0.1) is 0 Å². The number of fused-ring (bicyclic) bond motifs is 1. The molecule has 1 amide bonds. The number of nitrogens with zero attached hydrogens (tertiary/aromatic N) is 1. The van der Waals surface area contributed by atoms with Gasteiger partial charge in [0, 0.05) is 10.9 Å². The topological polar surface area (TPSA) is 33.5 Å². The zero-order valence-corrected chi connectivity index (χ0v) is 13.7. The van der Waals surface area contributed by atoms with Gasteiger partial charge in [0.15, 0.2) is 0 Å². The summed E-state index contributed by atoms with van der Waals surface area (Å²) in [6.45, 7) is -1.25. The highest BCUT2D eigenvalue weighted by molar-refractivity contribution is 5.95. The van der Waals surface area contributed by atoms with Crippen LogP contribution in [0.15, 0.2) is 53.1 Å². The molecule has 3 nitrogen and oxygen atoms in total. The first-order valence-corrected chi connectivity index (χ1v) is 8.00. The minimum absolute atomic E-state index is 0.203. The third kappa shape index (κ3) is 3.15. The number of furan rings is 1. The van der Waals surface area contributed by atoms with Crippen LogP contribution in [-0.2, 0) is 6.18 Å². The number of carbonyl (C=O) groups excluding carboxylic acids is 1. The first-order chi connectivity index (χ1) is 12.6. The predicted molar refractivity (Wildman–Crippen MR) is 87.5 cm³/mol. The second kappa shape index (κ2) is 5.80. The van der Waals surface area contributed by atoms with Gasteiger partial charge < -0.3 is 9.32 Å². The van der Waals surface area contributed by atoms with Gasteiger partial charge in [0.2, 0.25) is 0 Å². The number of halogens is 5. The summed E-state index contributed by atoms with van der Waals surface area (Å²) in [6.07, 6.45) is -3.39. The van der Waals surface area contributed by atoms with Gasteiger partial charge >= 0.3 is 6.18 Å². The number of amides is 1. The lowest BCUT2D eigenvalue weighted by molar-refractivity contribution is -0.136. The van der Waals surface area contributed by atoms with E-state index in [1.165, 1.54) is 36.6 Å². The number of alkyl halides is 5. The summed E-state index contributed by atoms with van der Waals surface area (Å²) < 4.78 is 70.6. The van der Waals surface area contributed by atoms with Crippen LogP contribution in [0.1, 0.15) is 15.9 Å². The Morgan fingerprint density at radius 2 is 1.67 bits per heavy atom. The molecule has 2 heterocycles. The third-order valence-corrected chi connectivity index (χ3v) is 4.45. The van der Waals surface area contributed by atoms with Crippen molar-refractivity contribution in [3.8, 4) is 11.1 Å². The molecular weight excluding hydrogens is 369 g/mol. The van der Waals surface area contributed by atoms with Crippen LogP contribution in [0.3, 0.4) is 0 Å². The molecule has 1 aromatic heterocycles. The quantitative estimate of drug-likeness (QED) is 0.571. The molecule has 1 saturated heterocycles. The molecule has 0 aliphatic carbocycles. The molecule has 1 fully saturated rings. The zero-order valence-electron chi connectivity index (χ0n) is 13.7. The molecule has 0 N–H and O–H groups in total. The first-order valence-electron chi connectivity index (χ1n) is 8.00. The summed E-state index contributed by atoms with van der Waals surface area (Å²) in [4.78, 5) is 13.1. The summed E-state index contributed by atoms with van der Waals surface area (Å²) in [7, 11) is 0. The van der Waals surface area contributed by atoms with Crippen LogP contribution in [0.2, 0.25) is 0 Å². The fourth-order valence-corrected chi connectivity index (χ4v) is 3.10. The van der Waals surface area contributed by atoms with Crippen molar-refractivity contribution in [2.75, 3.05) is 13.1 Å². The highest BCUT2D eigenvalue weighted by Crippen LogP contribution is 2.38. The fourth-order valence-electron chi connectivity index (χ4n) is 3.10. The van der Waals surface area contributed by atoms with Crippen molar-refractivity contribution in [3.63, 3.8) is 0 Å². The molecule has 3 aromatic rings. The lowest BCUT2D eigenvalue weighted by Crippen LogP contribution is -2.58. The van der Waals surface area contributed by atoms with Crippen LogP contribution in [0.4, 0.5) is 22.0 Å². The van der Waals surface area contributed by atoms with Crippen LogP contribution in [-0.4, -0.2) is 29.8 Å². The molecule has 1 aliphatic heterocycles. The fraction of sp³-hybridized carbons (Fsp3) is 0.211. The summed E-state index contributed by atoms with van der Waals surface area (Å²) in [6, 6.07) is 9.80. The van der Waals surface area contributed by atoms with E-state index in [0.717, 1.165) is 11.0 Å². The molecular formula is C19H12F5NO2. The number of carbonyl (C=O) groups is 1. The van der Waals surface area contributed by atoms with Gasteiger partial charge in [-0.25, -0.2) is 8.78 Å².